The number of pyridine rings is 1. The lowest BCUT2D eigenvalue weighted by atomic mass is 10.00. The number of aromatic nitrogens is 1. The van der Waals surface area contributed by atoms with Crippen LogP contribution in [0.25, 0.3) is 10.9 Å². The van der Waals surface area contributed by atoms with Gasteiger partial charge in [-0.2, -0.15) is 0 Å². The molecule has 0 aliphatic rings. The Hall–Kier alpha value is -2.26. The number of hydrogen-bond acceptors (Lipinski definition) is 2. The van der Waals surface area contributed by atoms with Crippen LogP contribution in [0.2, 0.25) is 0 Å². The monoisotopic (exact) mass is 267 g/mol. The van der Waals surface area contributed by atoms with Gasteiger partial charge in [-0.05, 0) is 30.7 Å². The molecule has 0 spiro atoms. The van der Waals surface area contributed by atoms with E-state index in [9.17, 15) is 9.50 Å². The third-order valence-corrected chi connectivity index (χ3v) is 3.38. The third-order valence-electron chi connectivity index (χ3n) is 3.38. The maximum Gasteiger partial charge on any atom is 0.129 e. The molecule has 0 radical (unpaired) electrons. The molecule has 1 heterocycles. The maximum atomic E-state index is 13.9. The Balaban J connectivity index is 2.05. The second-order valence-corrected chi connectivity index (χ2v) is 4.89. The predicted octanol–water partition coefficient (Wildman–Crippen LogP) is 3.76. The van der Waals surface area contributed by atoms with Gasteiger partial charge in [0.2, 0.25) is 0 Å². The molecule has 0 amide bonds. The van der Waals surface area contributed by atoms with Crippen molar-refractivity contribution in [3.05, 3.63) is 77.2 Å². The molecule has 2 nitrogen and oxygen atoms in total. The molecule has 0 bridgehead atoms. The first-order valence-corrected chi connectivity index (χ1v) is 6.44. The van der Waals surface area contributed by atoms with Crippen molar-refractivity contribution in [3.63, 3.8) is 0 Å². The van der Waals surface area contributed by atoms with Crippen molar-refractivity contribution in [2.24, 2.45) is 0 Å². The number of halogens is 1. The molecule has 2 aromatic carbocycles. The van der Waals surface area contributed by atoms with Gasteiger partial charge < -0.3 is 5.11 Å². The molecule has 1 atom stereocenters. The van der Waals surface area contributed by atoms with Crippen molar-refractivity contribution in [2.75, 3.05) is 0 Å². The van der Waals surface area contributed by atoms with E-state index in [0.29, 0.717) is 5.56 Å². The smallest absolute Gasteiger partial charge is 0.129 e. The summed E-state index contributed by atoms with van der Waals surface area (Å²) in [5.41, 5.74) is 2.54. The van der Waals surface area contributed by atoms with Gasteiger partial charge in [0.05, 0.1) is 5.52 Å². The SMILES string of the molecule is Cc1ccc(C(O)c2cnc3ccccc3c2)c(F)c1. The Morgan fingerprint density at radius 1 is 1.10 bits per heavy atom. The molecule has 0 aliphatic carbocycles. The summed E-state index contributed by atoms with van der Waals surface area (Å²) in [6, 6.07) is 14.3. The summed E-state index contributed by atoms with van der Waals surface area (Å²) in [6.07, 6.45) is 0.583. The van der Waals surface area contributed by atoms with Gasteiger partial charge in [-0.1, -0.05) is 30.3 Å². The standard InChI is InChI=1S/C17H14FNO/c1-11-6-7-14(15(18)8-11)17(20)13-9-12-4-2-3-5-16(12)19-10-13/h2-10,17,20H,1H3. The van der Waals surface area contributed by atoms with E-state index in [1.165, 1.54) is 6.07 Å². The molecule has 0 saturated carbocycles. The topological polar surface area (TPSA) is 33.1 Å². The molecule has 0 saturated heterocycles. The highest BCUT2D eigenvalue weighted by Gasteiger charge is 2.15. The first-order valence-electron chi connectivity index (χ1n) is 6.44. The van der Waals surface area contributed by atoms with E-state index in [-0.39, 0.29) is 5.56 Å². The Labute approximate surface area is 116 Å². The fraction of sp³-hybridized carbons (Fsp3) is 0.118. The van der Waals surface area contributed by atoms with Crippen LogP contribution in [0, 0.1) is 12.7 Å². The highest BCUT2D eigenvalue weighted by atomic mass is 19.1. The van der Waals surface area contributed by atoms with Crippen molar-refractivity contribution in [1.29, 1.82) is 0 Å². The van der Waals surface area contributed by atoms with Gasteiger partial charge in [0, 0.05) is 22.7 Å². The number of hydrogen-bond donors (Lipinski definition) is 1. The van der Waals surface area contributed by atoms with E-state index in [1.54, 1.807) is 18.3 Å². The van der Waals surface area contributed by atoms with E-state index < -0.39 is 11.9 Å². The fourth-order valence-corrected chi connectivity index (χ4v) is 2.27. The molecule has 1 unspecified atom stereocenters. The van der Waals surface area contributed by atoms with Crippen LogP contribution < -0.4 is 0 Å². The number of aliphatic hydroxyl groups excluding tert-OH is 1. The highest BCUT2D eigenvalue weighted by Crippen LogP contribution is 2.26. The number of nitrogens with zero attached hydrogens (tertiary/aromatic N) is 1. The Morgan fingerprint density at radius 3 is 2.70 bits per heavy atom. The Bertz CT molecular complexity index is 770. The second-order valence-electron chi connectivity index (χ2n) is 4.89. The number of aliphatic hydroxyl groups is 1. The quantitative estimate of drug-likeness (QED) is 0.766. The molecular formula is C17H14FNO. The summed E-state index contributed by atoms with van der Waals surface area (Å²) >= 11 is 0. The van der Waals surface area contributed by atoms with Crippen LogP contribution in [0.5, 0.6) is 0 Å². The molecular weight excluding hydrogens is 253 g/mol. The van der Waals surface area contributed by atoms with Crippen LogP contribution in [0.3, 0.4) is 0 Å². The third kappa shape index (κ3) is 2.28. The summed E-state index contributed by atoms with van der Waals surface area (Å²) < 4.78 is 13.9. The Kier molecular flexibility index (Phi) is 3.20. The van der Waals surface area contributed by atoms with Gasteiger partial charge in [0.15, 0.2) is 0 Å². The molecule has 20 heavy (non-hydrogen) atoms. The van der Waals surface area contributed by atoms with Crippen LogP contribution in [0.15, 0.2) is 54.7 Å². The average molecular weight is 267 g/mol. The molecule has 3 heteroatoms. The predicted molar refractivity (Wildman–Crippen MR) is 76.9 cm³/mol. The lowest BCUT2D eigenvalue weighted by Crippen LogP contribution is -2.03. The molecule has 3 rings (SSSR count). The van der Waals surface area contributed by atoms with Crippen LogP contribution in [-0.2, 0) is 0 Å². The maximum absolute atomic E-state index is 13.9. The largest absolute Gasteiger partial charge is 0.383 e. The number of benzene rings is 2. The zero-order chi connectivity index (χ0) is 14.1. The van der Waals surface area contributed by atoms with Crippen LogP contribution in [-0.4, -0.2) is 10.1 Å². The van der Waals surface area contributed by atoms with Crippen molar-refractivity contribution in [1.82, 2.24) is 4.98 Å². The second kappa shape index (κ2) is 5.02. The fourth-order valence-electron chi connectivity index (χ4n) is 2.27. The molecule has 1 N–H and O–H groups in total. The van der Waals surface area contributed by atoms with Gasteiger partial charge in [-0.25, -0.2) is 4.39 Å². The van der Waals surface area contributed by atoms with Crippen LogP contribution in [0.4, 0.5) is 4.39 Å². The molecule has 0 aliphatic heterocycles. The van der Waals surface area contributed by atoms with E-state index in [1.807, 2.05) is 37.3 Å². The molecule has 3 aromatic rings. The molecule has 100 valence electrons. The van der Waals surface area contributed by atoms with Gasteiger partial charge in [-0.3, -0.25) is 4.98 Å². The molecule has 0 fully saturated rings. The molecule has 1 aromatic heterocycles. The van der Waals surface area contributed by atoms with Gasteiger partial charge >= 0.3 is 0 Å². The van der Waals surface area contributed by atoms with Gasteiger partial charge in [0.1, 0.15) is 11.9 Å². The minimum atomic E-state index is -1.01. The summed E-state index contributed by atoms with van der Waals surface area (Å²) in [7, 11) is 0. The summed E-state index contributed by atoms with van der Waals surface area (Å²) in [5, 5.41) is 11.3. The van der Waals surface area contributed by atoms with E-state index in [0.717, 1.165) is 16.5 Å². The summed E-state index contributed by atoms with van der Waals surface area (Å²) in [4.78, 5) is 4.29. The van der Waals surface area contributed by atoms with Gasteiger partial charge in [-0.15, -0.1) is 0 Å². The number of fused-ring (bicyclic) bond motifs is 1. The van der Waals surface area contributed by atoms with Crippen molar-refractivity contribution in [3.8, 4) is 0 Å². The van der Waals surface area contributed by atoms with E-state index in [4.69, 9.17) is 0 Å². The lowest BCUT2D eigenvalue weighted by molar-refractivity contribution is 0.214. The van der Waals surface area contributed by atoms with Gasteiger partial charge in [0.25, 0.3) is 0 Å². The highest BCUT2D eigenvalue weighted by molar-refractivity contribution is 5.78. The number of rotatable bonds is 2. The van der Waals surface area contributed by atoms with Crippen molar-refractivity contribution >= 4 is 10.9 Å². The van der Waals surface area contributed by atoms with Crippen molar-refractivity contribution < 1.29 is 9.50 Å². The number of aryl methyl sites for hydroxylation is 1. The van der Waals surface area contributed by atoms with Crippen LogP contribution in [0.1, 0.15) is 22.8 Å². The minimum absolute atomic E-state index is 0.271. The van der Waals surface area contributed by atoms with Crippen LogP contribution >= 0.6 is 0 Å². The zero-order valence-electron chi connectivity index (χ0n) is 11.0. The Morgan fingerprint density at radius 2 is 1.90 bits per heavy atom. The van der Waals surface area contributed by atoms with E-state index >= 15 is 0 Å². The van der Waals surface area contributed by atoms with Crippen molar-refractivity contribution in [2.45, 2.75) is 13.0 Å². The number of para-hydroxylation sites is 1. The average Bonchev–Trinajstić information content (AvgIpc) is 2.46. The summed E-state index contributed by atoms with van der Waals surface area (Å²) in [6.45, 7) is 1.82. The normalized spacial score (nSPS) is 12.6. The minimum Gasteiger partial charge on any atom is -0.383 e. The zero-order valence-corrected chi connectivity index (χ0v) is 11.0. The lowest BCUT2D eigenvalue weighted by Gasteiger charge is -2.13. The van der Waals surface area contributed by atoms with E-state index in [2.05, 4.69) is 4.98 Å². The summed E-state index contributed by atoms with van der Waals surface area (Å²) in [5.74, 6) is -0.398. The first-order chi connectivity index (χ1) is 9.65. The first kappa shape index (κ1) is 12.8.